The zero-order valence-electron chi connectivity index (χ0n) is 13.3. The van der Waals surface area contributed by atoms with Crippen molar-refractivity contribution >= 4 is 27.7 Å². The van der Waals surface area contributed by atoms with E-state index in [2.05, 4.69) is 4.74 Å². The van der Waals surface area contributed by atoms with Crippen LogP contribution in [0.1, 0.15) is 25.8 Å². The molecule has 1 N–H and O–H groups in total. The summed E-state index contributed by atoms with van der Waals surface area (Å²) >= 11 is 0.681. The molecule has 11 heteroatoms. The molecule has 0 saturated carbocycles. The first-order valence-electron chi connectivity index (χ1n) is 7.37. The van der Waals surface area contributed by atoms with Crippen molar-refractivity contribution < 1.29 is 27.8 Å². The van der Waals surface area contributed by atoms with E-state index in [4.69, 9.17) is 5.11 Å². The normalized spacial score (nSPS) is 11.9. The summed E-state index contributed by atoms with van der Waals surface area (Å²) in [6.45, 7) is 2.48. The summed E-state index contributed by atoms with van der Waals surface area (Å²) in [7, 11) is 0. The van der Waals surface area contributed by atoms with E-state index in [1.54, 1.807) is 6.92 Å². The number of aryl methyl sites for hydroxylation is 2. The Labute approximate surface area is 142 Å². The van der Waals surface area contributed by atoms with Crippen molar-refractivity contribution in [3.05, 3.63) is 26.4 Å². The van der Waals surface area contributed by atoms with Gasteiger partial charge in [0.25, 0.3) is 5.56 Å². The predicted octanol–water partition coefficient (Wildman–Crippen LogP) is 2.82. The number of ether oxygens (including phenoxy) is 1. The summed E-state index contributed by atoms with van der Waals surface area (Å²) in [6, 6.07) is 0. The molecule has 0 spiro atoms. The fourth-order valence-electron chi connectivity index (χ4n) is 2.49. The van der Waals surface area contributed by atoms with Crippen molar-refractivity contribution in [2.75, 3.05) is 0 Å². The zero-order chi connectivity index (χ0) is 18.9. The first kappa shape index (κ1) is 19.0. The van der Waals surface area contributed by atoms with Crippen molar-refractivity contribution in [2.24, 2.45) is 0 Å². The number of hydrogen-bond acceptors (Lipinski definition) is 5. The number of halogens is 3. The van der Waals surface area contributed by atoms with Crippen molar-refractivity contribution in [3.63, 3.8) is 0 Å². The number of fused-ring (bicyclic) bond motifs is 1. The SMILES string of the molecule is CCc1c(OC(=O)O)sc2c1c(=O)n(CC)c(=O)n2CCC(F)(F)F. The van der Waals surface area contributed by atoms with Crippen LogP contribution < -0.4 is 16.0 Å². The molecule has 0 aliphatic heterocycles. The van der Waals surface area contributed by atoms with Crippen LogP contribution in [0.4, 0.5) is 18.0 Å². The molecule has 138 valence electrons. The second-order valence-corrected chi connectivity index (χ2v) is 6.08. The van der Waals surface area contributed by atoms with Gasteiger partial charge in [0.15, 0.2) is 5.06 Å². The average Bonchev–Trinajstić information content (AvgIpc) is 2.83. The Morgan fingerprint density at radius 3 is 2.36 bits per heavy atom. The number of thiophene rings is 1. The van der Waals surface area contributed by atoms with Crippen molar-refractivity contribution in [1.29, 1.82) is 0 Å². The highest BCUT2D eigenvalue weighted by atomic mass is 32.1. The van der Waals surface area contributed by atoms with Gasteiger partial charge in [0.2, 0.25) is 0 Å². The number of hydrogen-bond donors (Lipinski definition) is 1. The molecule has 2 heterocycles. The average molecular weight is 380 g/mol. The number of carboxylic acid groups (broad SMARTS) is 1. The van der Waals surface area contributed by atoms with Gasteiger partial charge in [-0.3, -0.25) is 13.9 Å². The van der Waals surface area contributed by atoms with Gasteiger partial charge in [0.1, 0.15) is 4.83 Å². The van der Waals surface area contributed by atoms with Gasteiger partial charge in [-0.1, -0.05) is 18.3 Å². The molecular formula is C14H15F3N2O5S. The van der Waals surface area contributed by atoms with Gasteiger partial charge < -0.3 is 9.84 Å². The summed E-state index contributed by atoms with van der Waals surface area (Å²) in [4.78, 5) is 35.7. The fraction of sp³-hybridized carbons (Fsp3) is 0.500. The highest BCUT2D eigenvalue weighted by molar-refractivity contribution is 7.20. The lowest BCUT2D eigenvalue weighted by Gasteiger charge is -2.12. The molecular weight excluding hydrogens is 365 g/mol. The quantitative estimate of drug-likeness (QED) is 0.806. The number of alkyl halides is 3. The van der Waals surface area contributed by atoms with Gasteiger partial charge in [-0.2, -0.15) is 13.2 Å². The first-order chi connectivity index (χ1) is 11.6. The summed E-state index contributed by atoms with van der Waals surface area (Å²) in [5.74, 6) is 0. The number of rotatable bonds is 5. The molecule has 7 nitrogen and oxygen atoms in total. The van der Waals surface area contributed by atoms with Gasteiger partial charge in [-0.05, 0) is 13.3 Å². The molecule has 25 heavy (non-hydrogen) atoms. The fourth-order valence-corrected chi connectivity index (χ4v) is 3.74. The lowest BCUT2D eigenvalue weighted by atomic mass is 10.2. The summed E-state index contributed by atoms with van der Waals surface area (Å²) in [5.41, 5.74) is -1.27. The molecule has 0 atom stereocenters. The van der Waals surface area contributed by atoms with Crippen LogP contribution in [0.25, 0.3) is 10.2 Å². The molecule has 0 fully saturated rings. The molecule has 0 bridgehead atoms. The van der Waals surface area contributed by atoms with Crippen LogP contribution in [0.2, 0.25) is 0 Å². The standard InChI is InChI=1S/C14H15F3N2O5S/c1-3-7-8-9(20)18(4-2)12(21)19(6-5-14(15,16)17)10(8)25-11(7)24-13(22)23/h3-6H2,1-2H3,(H,22,23). The molecule has 0 radical (unpaired) electrons. The van der Waals surface area contributed by atoms with E-state index in [1.807, 2.05) is 0 Å². The minimum Gasteiger partial charge on any atom is -0.449 e. The maximum atomic E-state index is 12.6. The second kappa shape index (κ2) is 6.90. The molecule has 0 aliphatic rings. The third kappa shape index (κ3) is 3.70. The van der Waals surface area contributed by atoms with E-state index in [0.29, 0.717) is 11.3 Å². The van der Waals surface area contributed by atoms with E-state index in [0.717, 1.165) is 9.13 Å². The van der Waals surface area contributed by atoms with Crippen molar-refractivity contribution in [1.82, 2.24) is 9.13 Å². The second-order valence-electron chi connectivity index (χ2n) is 5.12. The van der Waals surface area contributed by atoms with Crippen LogP contribution in [0.5, 0.6) is 5.06 Å². The molecule has 0 unspecified atom stereocenters. The van der Waals surface area contributed by atoms with E-state index in [9.17, 15) is 27.6 Å². The largest absolute Gasteiger partial charge is 0.512 e. The minimum atomic E-state index is -4.48. The van der Waals surface area contributed by atoms with Crippen molar-refractivity contribution in [2.45, 2.75) is 46.0 Å². The maximum absolute atomic E-state index is 12.6. The Bertz CT molecular complexity index is 926. The zero-order valence-corrected chi connectivity index (χ0v) is 14.2. The molecule has 0 aromatic carbocycles. The van der Waals surface area contributed by atoms with Crippen LogP contribution in [0, 0.1) is 0 Å². The highest BCUT2D eigenvalue weighted by Crippen LogP contribution is 2.36. The van der Waals surface area contributed by atoms with Gasteiger partial charge in [0.05, 0.1) is 11.8 Å². The Morgan fingerprint density at radius 2 is 1.88 bits per heavy atom. The topological polar surface area (TPSA) is 90.5 Å². The lowest BCUT2D eigenvalue weighted by molar-refractivity contribution is -0.136. The van der Waals surface area contributed by atoms with E-state index < -0.39 is 36.5 Å². The predicted molar refractivity (Wildman–Crippen MR) is 84.7 cm³/mol. The van der Waals surface area contributed by atoms with Gasteiger partial charge in [-0.25, -0.2) is 9.59 Å². The van der Waals surface area contributed by atoms with Crippen LogP contribution in [-0.4, -0.2) is 26.6 Å². The summed E-state index contributed by atoms with van der Waals surface area (Å²) in [6.07, 6.45) is -7.12. The Kier molecular flexibility index (Phi) is 5.26. The third-order valence-corrected chi connectivity index (χ3v) is 4.72. The third-order valence-electron chi connectivity index (χ3n) is 3.59. The van der Waals surface area contributed by atoms with Crippen LogP contribution in [0.15, 0.2) is 9.59 Å². The number of carbonyl (C=O) groups is 1. The van der Waals surface area contributed by atoms with Crippen LogP contribution in [-0.2, 0) is 19.5 Å². The molecule has 0 amide bonds. The van der Waals surface area contributed by atoms with Crippen molar-refractivity contribution in [3.8, 4) is 5.06 Å². The number of aromatic nitrogens is 2. The first-order valence-corrected chi connectivity index (χ1v) is 8.18. The highest BCUT2D eigenvalue weighted by Gasteiger charge is 2.29. The van der Waals surface area contributed by atoms with E-state index in [1.165, 1.54) is 6.92 Å². The molecule has 0 saturated heterocycles. The molecule has 0 aliphatic carbocycles. The van der Waals surface area contributed by atoms with Crippen LogP contribution >= 0.6 is 11.3 Å². The summed E-state index contributed by atoms with van der Waals surface area (Å²) < 4.78 is 44.0. The molecule has 2 rings (SSSR count). The van der Waals surface area contributed by atoms with Crippen LogP contribution in [0.3, 0.4) is 0 Å². The summed E-state index contributed by atoms with van der Waals surface area (Å²) in [5, 5.41) is 8.71. The maximum Gasteiger partial charge on any atom is 0.512 e. The Morgan fingerprint density at radius 1 is 1.24 bits per heavy atom. The smallest absolute Gasteiger partial charge is 0.449 e. The van der Waals surface area contributed by atoms with E-state index >= 15 is 0 Å². The lowest BCUT2D eigenvalue weighted by Crippen LogP contribution is -2.40. The Balaban J connectivity index is 2.82. The number of nitrogens with zero attached hydrogens (tertiary/aromatic N) is 2. The molecule has 2 aromatic heterocycles. The Hall–Kier alpha value is -2.30. The van der Waals surface area contributed by atoms with Gasteiger partial charge >= 0.3 is 18.0 Å². The minimum absolute atomic E-state index is 0.0166. The van der Waals surface area contributed by atoms with Gasteiger partial charge in [0, 0.05) is 18.7 Å². The van der Waals surface area contributed by atoms with E-state index in [-0.39, 0.29) is 33.8 Å². The molecule has 2 aromatic rings. The van der Waals surface area contributed by atoms with Gasteiger partial charge in [-0.15, -0.1) is 0 Å². The monoisotopic (exact) mass is 380 g/mol.